The maximum Gasteiger partial charge on any atom is 0.163 e. The third-order valence-electron chi connectivity index (χ3n) is 5.39. The summed E-state index contributed by atoms with van der Waals surface area (Å²) < 4.78 is 13.0. The minimum atomic E-state index is 0.0645. The van der Waals surface area contributed by atoms with E-state index in [0.717, 1.165) is 58.6 Å². The van der Waals surface area contributed by atoms with Crippen molar-refractivity contribution in [1.82, 2.24) is 19.7 Å². The SMILES string of the molecule is CCOc1ccc2cc(-c3nn(CC4(C)COC4)c4ncnc(N)c34)ccc2c1. The molecule has 1 fully saturated rings. The average molecular weight is 389 g/mol. The molecule has 0 atom stereocenters. The standard InChI is InChI=1S/C22H23N5O2/c1-3-29-17-7-6-14-8-16(5-4-15(14)9-17)19-18-20(23)24-13-25-21(18)27(26-19)10-22(2)11-28-12-22/h4-9,13H,3,10-12H2,1-2H3,(H2,23,24,25). The molecule has 0 unspecified atom stereocenters. The van der Waals surface area contributed by atoms with E-state index in [2.05, 4.69) is 41.2 Å². The van der Waals surface area contributed by atoms with Crippen molar-refractivity contribution in [3.63, 3.8) is 0 Å². The van der Waals surface area contributed by atoms with Gasteiger partial charge < -0.3 is 15.2 Å². The summed E-state index contributed by atoms with van der Waals surface area (Å²) >= 11 is 0. The Morgan fingerprint density at radius 2 is 1.93 bits per heavy atom. The molecule has 1 aliphatic heterocycles. The number of benzene rings is 2. The van der Waals surface area contributed by atoms with Crippen LogP contribution in [0, 0.1) is 5.41 Å². The van der Waals surface area contributed by atoms with E-state index in [4.69, 9.17) is 20.3 Å². The molecule has 4 aromatic rings. The Labute approximate surface area is 168 Å². The van der Waals surface area contributed by atoms with Gasteiger partial charge in [-0.15, -0.1) is 0 Å². The molecule has 7 heteroatoms. The first-order chi connectivity index (χ1) is 14.1. The van der Waals surface area contributed by atoms with Crippen LogP contribution in [-0.4, -0.2) is 39.6 Å². The molecule has 0 amide bonds. The molecule has 1 aliphatic rings. The molecule has 0 radical (unpaired) electrons. The highest BCUT2D eigenvalue weighted by molar-refractivity contribution is 6.00. The quantitative estimate of drug-likeness (QED) is 0.560. The van der Waals surface area contributed by atoms with Crippen LogP contribution in [0.25, 0.3) is 33.1 Å². The van der Waals surface area contributed by atoms with Gasteiger partial charge in [0.25, 0.3) is 0 Å². The number of nitrogens with zero attached hydrogens (tertiary/aromatic N) is 4. The molecular weight excluding hydrogens is 366 g/mol. The lowest BCUT2D eigenvalue weighted by atomic mass is 9.89. The van der Waals surface area contributed by atoms with Crippen LogP contribution in [-0.2, 0) is 11.3 Å². The van der Waals surface area contributed by atoms with E-state index >= 15 is 0 Å². The van der Waals surface area contributed by atoms with Crippen LogP contribution in [0.3, 0.4) is 0 Å². The van der Waals surface area contributed by atoms with Crippen molar-refractivity contribution in [2.24, 2.45) is 5.41 Å². The average Bonchev–Trinajstić information content (AvgIpc) is 3.06. The van der Waals surface area contributed by atoms with E-state index in [9.17, 15) is 0 Å². The number of nitrogen functional groups attached to an aromatic ring is 1. The summed E-state index contributed by atoms with van der Waals surface area (Å²) in [6.07, 6.45) is 1.49. The maximum atomic E-state index is 6.24. The molecule has 29 heavy (non-hydrogen) atoms. The molecule has 0 aliphatic carbocycles. The molecule has 5 rings (SSSR count). The number of fused-ring (bicyclic) bond motifs is 2. The molecule has 148 valence electrons. The van der Waals surface area contributed by atoms with Gasteiger partial charge in [-0.3, -0.25) is 0 Å². The Hall–Kier alpha value is -3.19. The summed E-state index contributed by atoms with van der Waals surface area (Å²) in [6, 6.07) is 12.4. The molecule has 0 spiro atoms. The smallest absolute Gasteiger partial charge is 0.163 e. The Morgan fingerprint density at radius 1 is 1.14 bits per heavy atom. The van der Waals surface area contributed by atoms with E-state index < -0.39 is 0 Å². The van der Waals surface area contributed by atoms with Crippen LogP contribution in [0.2, 0.25) is 0 Å². The van der Waals surface area contributed by atoms with Crippen LogP contribution in [0.15, 0.2) is 42.7 Å². The lowest BCUT2D eigenvalue weighted by Gasteiger charge is -2.37. The van der Waals surface area contributed by atoms with Crippen LogP contribution in [0.4, 0.5) is 5.82 Å². The number of ether oxygens (including phenoxy) is 2. The molecule has 0 bridgehead atoms. The lowest BCUT2D eigenvalue weighted by Crippen LogP contribution is -2.43. The Balaban J connectivity index is 1.63. The van der Waals surface area contributed by atoms with Gasteiger partial charge in [-0.05, 0) is 35.9 Å². The highest BCUT2D eigenvalue weighted by Crippen LogP contribution is 2.35. The second kappa shape index (κ2) is 6.70. The minimum absolute atomic E-state index is 0.0645. The van der Waals surface area contributed by atoms with Crippen LogP contribution >= 0.6 is 0 Å². The minimum Gasteiger partial charge on any atom is -0.494 e. The third kappa shape index (κ3) is 3.07. The molecule has 2 aromatic heterocycles. The van der Waals surface area contributed by atoms with Crippen molar-refractivity contribution in [3.05, 3.63) is 42.7 Å². The molecule has 1 saturated heterocycles. The van der Waals surface area contributed by atoms with Gasteiger partial charge in [0.1, 0.15) is 23.6 Å². The third-order valence-corrected chi connectivity index (χ3v) is 5.39. The number of rotatable bonds is 5. The van der Waals surface area contributed by atoms with Crippen molar-refractivity contribution < 1.29 is 9.47 Å². The van der Waals surface area contributed by atoms with Gasteiger partial charge in [0.05, 0.1) is 31.8 Å². The van der Waals surface area contributed by atoms with Crippen molar-refractivity contribution in [2.75, 3.05) is 25.6 Å². The van der Waals surface area contributed by atoms with Gasteiger partial charge in [0.15, 0.2) is 5.65 Å². The first-order valence-electron chi connectivity index (χ1n) is 9.78. The predicted octanol–water partition coefficient (Wildman–Crippen LogP) is 3.66. The van der Waals surface area contributed by atoms with Gasteiger partial charge in [-0.25, -0.2) is 14.6 Å². The number of aromatic nitrogens is 4. The first-order valence-corrected chi connectivity index (χ1v) is 9.78. The second-order valence-corrected chi connectivity index (χ2v) is 7.92. The number of anilines is 1. The Morgan fingerprint density at radius 3 is 2.69 bits per heavy atom. The van der Waals surface area contributed by atoms with E-state index in [1.165, 1.54) is 6.33 Å². The summed E-state index contributed by atoms with van der Waals surface area (Å²) in [5.74, 6) is 1.31. The monoisotopic (exact) mass is 389 g/mol. The van der Waals surface area contributed by atoms with Crippen LogP contribution < -0.4 is 10.5 Å². The van der Waals surface area contributed by atoms with E-state index in [-0.39, 0.29) is 5.41 Å². The summed E-state index contributed by atoms with van der Waals surface area (Å²) in [6.45, 7) is 7.00. The topological polar surface area (TPSA) is 88.1 Å². The van der Waals surface area contributed by atoms with Gasteiger partial charge >= 0.3 is 0 Å². The Bertz CT molecular complexity index is 1210. The zero-order chi connectivity index (χ0) is 20.0. The zero-order valence-corrected chi connectivity index (χ0v) is 16.6. The molecule has 0 saturated carbocycles. The van der Waals surface area contributed by atoms with Crippen LogP contribution in [0.1, 0.15) is 13.8 Å². The summed E-state index contributed by atoms with van der Waals surface area (Å²) in [5.41, 5.74) is 8.85. The van der Waals surface area contributed by atoms with Crippen molar-refractivity contribution >= 4 is 27.6 Å². The fourth-order valence-corrected chi connectivity index (χ4v) is 3.87. The molecule has 3 heterocycles. The first kappa shape index (κ1) is 17.9. The van der Waals surface area contributed by atoms with Gasteiger partial charge in [-0.1, -0.05) is 25.1 Å². The molecule has 7 nitrogen and oxygen atoms in total. The second-order valence-electron chi connectivity index (χ2n) is 7.92. The summed E-state index contributed by atoms with van der Waals surface area (Å²) in [7, 11) is 0. The van der Waals surface area contributed by atoms with Crippen molar-refractivity contribution in [1.29, 1.82) is 0 Å². The van der Waals surface area contributed by atoms with Crippen molar-refractivity contribution in [2.45, 2.75) is 20.4 Å². The van der Waals surface area contributed by atoms with Gasteiger partial charge in [0.2, 0.25) is 0 Å². The highest BCUT2D eigenvalue weighted by Gasteiger charge is 2.35. The van der Waals surface area contributed by atoms with E-state index in [1.807, 2.05) is 23.7 Å². The normalized spacial score (nSPS) is 15.5. The van der Waals surface area contributed by atoms with Gasteiger partial charge in [-0.2, -0.15) is 5.10 Å². The van der Waals surface area contributed by atoms with Gasteiger partial charge in [0, 0.05) is 11.0 Å². The summed E-state index contributed by atoms with van der Waals surface area (Å²) in [5, 5.41) is 7.92. The molecule has 2 N–H and O–H groups in total. The lowest BCUT2D eigenvalue weighted by molar-refractivity contribution is -0.111. The number of hydrogen-bond acceptors (Lipinski definition) is 6. The predicted molar refractivity (Wildman–Crippen MR) is 113 cm³/mol. The highest BCUT2D eigenvalue weighted by atomic mass is 16.5. The van der Waals surface area contributed by atoms with Crippen molar-refractivity contribution in [3.8, 4) is 17.0 Å². The van der Waals surface area contributed by atoms with E-state index in [0.29, 0.717) is 12.4 Å². The number of hydrogen-bond donors (Lipinski definition) is 1. The fraction of sp³-hybridized carbons (Fsp3) is 0.318. The van der Waals surface area contributed by atoms with Crippen LogP contribution in [0.5, 0.6) is 5.75 Å². The fourth-order valence-electron chi connectivity index (χ4n) is 3.87. The molecular formula is C22H23N5O2. The Kier molecular flexibility index (Phi) is 4.13. The zero-order valence-electron chi connectivity index (χ0n) is 16.6. The maximum absolute atomic E-state index is 6.24. The molecule has 2 aromatic carbocycles. The van der Waals surface area contributed by atoms with E-state index in [1.54, 1.807) is 0 Å². The summed E-state index contributed by atoms with van der Waals surface area (Å²) in [4.78, 5) is 8.68. The largest absolute Gasteiger partial charge is 0.494 e. The number of nitrogens with two attached hydrogens (primary N) is 1.